The first kappa shape index (κ1) is 12.3. The summed E-state index contributed by atoms with van der Waals surface area (Å²) in [4.78, 5) is 12.8. The van der Waals surface area contributed by atoms with E-state index >= 15 is 0 Å². The number of fused-ring (bicyclic) bond motifs is 2. The summed E-state index contributed by atoms with van der Waals surface area (Å²) in [5.74, 6) is -0.284. The number of ether oxygens (including phenoxy) is 1. The van der Waals surface area contributed by atoms with Gasteiger partial charge in [0.25, 0.3) is 0 Å². The summed E-state index contributed by atoms with van der Waals surface area (Å²) >= 11 is 0. The molecule has 19 heavy (non-hydrogen) atoms. The van der Waals surface area contributed by atoms with Gasteiger partial charge < -0.3 is 14.9 Å². The van der Waals surface area contributed by atoms with Crippen LogP contribution in [-0.4, -0.2) is 39.4 Å². The van der Waals surface area contributed by atoms with Crippen molar-refractivity contribution < 1.29 is 19.7 Å². The van der Waals surface area contributed by atoms with Gasteiger partial charge in [-0.3, -0.25) is 4.79 Å². The zero-order chi connectivity index (χ0) is 13.9. The molecule has 4 rings (SSSR count). The number of epoxide rings is 1. The molecule has 4 aliphatic rings. The lowest BCUT2D eigenvalue weighted by Crippen LogP contribution is -2.70. The van der Waals surface area contributed by atoms with E-state index in [-0.39, 0.29) is 29.1 Å². The summed E-state index contributed by atoms with van der Waals surface area (Å²) in [5, 5.41) is 20.8. The van der Waals surface area contributed by atoms with Crippen molar-refractivity contribution in [2.24, 2.45) is 16.7 Å². The normalized spacial score (nSPS) is 60.9. The Bertz CT molecular complexity index is 500. The minimum atomic E-state index is -1.30. The zero-order valence-electron chi connectivity index (χ0n) is 11.8. The van der Waals surface area contributed by atoms with Gasteiger partial charge in [-0.1, -0.05) is 20.8 Å². The van der Waals surface area contributed by atoms with Gasteiger partial charge in [0.2, 0.25) is 5.78 Å². The van der Waals surface area contributed by atoms with Gasteiger partial charge in [-0.15, -0.1) is 0 Å². The standard InChI is InChI=1S/C15H22O4/c1-11(2)6-9-12(3)4-5-15(12)14(8-16,19-15)10(17)13(9,18)7-11/h9,16,18H,4-8H2,1-3H3/t9-,12-,13+,14-,15+/m1/s1. The third kappa shape index (κ3) is 0.958. The predicted molar refractivity (Wildman–Crippen MR) is 67.4 cm³/mol. The monoisotopic (exact) mass is 266 g/mol. The van der Waals surface area contributed by atoms with Crippen LogP contribution in [0.15, 0.2) is 0 Å². The van der Waals surface area contributed by atoms with E-state index < -0.39 is 16.8 Å². The van der Waals surface area contributed by atoms with Crippen molar-refractivity contribution >= 4 is 5.78 Å². The number of hydrogen-bond acceptors (Lipinski definition) is 4. The minimum Gasteiger partial charge on any atom is -0.393 e. The van der Waals surface area contributed by atoms with Crippen LogP contribution in [0.4, 0.5) is 0 Å². The molecule has 0 aromatic heterocycles. The second kappa shape index (κ2) is 2.78. The molecule has 1 spiro atoms. The Balaban J connectivity index is 1.88. The van der Waals surface area contributed by atoms with E-state index in [0.717, 1.165) is 19.3 Å². The molecule has 5 atom stereocenters. The maximum atomic E-state index is 12.8. The quantitative estimate of drug-likeness (QED) is 0.696. The number of rotatable bonds is 1. The van der Waals surface area contributed by atoms with Gasteiger partial charge in [0, 0.05) is 11.3 Å². The van der Waals surface area contributed by atoms with Crippen molar-refractivity contribution in [2.45, 2.75) is 63.3 Å². The maximum absolute atomic E-state index is 12.8. The smallest absolute Gasteiger partial charge is 0.201 e. The van der Waals surface area contributed by atoms with E-state index in [2.05, 4.69) is 20.8 Å². The maximum Gasteiger partial charge on any atom is 0.201 e. The largest absolute Gasteiger partial charge is 0.393 e. The summed E-state index contributed by atoms with van der Waals surface area (Å²) in [6, 6.07) is 0. The van der Waals surface area contributed by atoms with E-state index in [1.54, 1.807) is 0 Å². The molecule has 0 aromatic rings. The molecule has 0 radical (unpaired) electrons. The molecule has 1 saturated heterocycles. The fourth-order valence-corrected chi connectivity index (χ4v) is 5.75. The Morgan fingerprint density at radius 3 is 2.53 bits per heavy atom. The van der Waals surface area contributed by atoms with Crippen LogP contribution in [-0.2, 0) is 9.53 Å². The molecule has 0 bridgehead atoms. The minimum absolute atomic E-state index is 0.0255. The Labute approximate surface area is 113 Å². The highest BCUT2D eigenvalue weighted by atomic mass is 16.7. The number of aliphatic hydroxyl groups is 2. The van der Waals surface area contributed by atoms with Crippen molar-refractivity contribution in [2.75, 3.05) is 6.61 Å². The van der Waals surface area contributed by atoms with Gasteiger partial charge in [-0.2, -0.15) is 0 Å². The molecule has 0 aromatic carbocycles. The first-order chi connectivity index (χ1) is 8.68. The van der Waals surface area contributed by atoms with Gasteiger partial charge in [0.05, 0.1) is 6.61 Å². The fourth-order valence-electron chi connectivity index (χ4n) is 5.75. The van der Waals surface area contributed by atoms with Crippen molar-refractivity contribution in [3.63, 3.8) is 0 Å². The fraction of sp³-hybridized carbons (Fsp3) is 0.933. The Hall–Kier alpha value is -0.450. The highest BCUT2D eigenvalue weighted by molar-refractivity contribution is 6.01. The van der Waals surface area contributed by atoms with Gasteiger partial charge in [0.1, 0.15) is 11.2 Å². The molecule has 1 heterocycles. The van der Waals surface area contributed by atoms with Gasteiger partial charge >= 0.3 is 0 Å². The number of aliphatic hydroxyl groups excluding tert-OH is 1. The lowest BCUT2D eigenvalue weighted by Gasteiger charge is -2.57. The molecular weight excluding hydrogens is 244 g/mol. The van der Waals surface area contributed by atoms with Crippen molar-refractivity contribution in [1.82, 2.24) is 0 Å². The molecule has 1 aliphatic heterocycles. The molecule has 3 aliphatic carbocycles. The Morgan fingerprint density at radius 2 is 2.00 bits per heavy atom. The zero-order valence-corrected chi connectivity index (χ0v) is 11.8. The van der Waals surface area contributed by atoms with Crippen molar-refractivity contribution in [3.05, 3.63) is 0 Å². The van der Waals surface area contributed by atoms with Crippen LogP contribution in [0.3, 0.4) is 0 Å². The number of Topliss-reactive ketones (excluding diaryl/α,β-unsaturated/α-hetero) is 1. The predicted octanol–water partition coefficient (Wildman–Crippen LogP) is 1.04. The van der Waals surface area contributed by atoms with Crippen LogP contribution >= 0.6 is 0 Å². The molecule has 0 amide bonds. The molecular formula is C15H22O4. The Morgan fingerprint density at radius 1 is 1.32 bits per heavy atom. The molecule has 106 valence electrons. The second-order valence-corrected chi connectivity index (χ2v) is 8.18. The van der Waals surface area contributed by atoms with Gasteiger partial charge in [-0.25, -0.2) is 0 Å². The first-order valence-corrected chi connectivity index (χ1v) is 7.26. The third-order valence-corrected chi connectivity index (χ3v) is 6.71. The molecule has 4 heteroatoms. The van der Waals surface area contributed by atoms with Crippen LogP contribution in [0.2, 0.25) is 0 Å². The topological polar surface area (TPSA) is 70.1 Å². The van der Waals surface area contributed by atoms with Crippen LogP contribution in [0.25, 0.3) is 0 Å². The van der Waals surface area contributed by atoms with E-state index in [4.69, 9.17) is 4.74 Å². The van der Waals surface area contributed by atoms with Crippen LogP contribution in [0, 0.1) is 16.7 Å². The van der Waals surface area contributed by atoms with E-state index in [0.29, 0.717) is 6.42 Å². The van der Waals surface area contributed by atoms with Crippen LogP contribution in [0.1, 0.15) is 46.5 Å². The number of carbonyl (C=O) groups excluding carboxylic acids is 1. The number of carbonyl (C=O) groups is 1. The van der Waals surface area contributed by atoms with E-state index in [9.17, 15) is 15.0 Å². The lowest BCUT2D eigenvalue weighted by atomic mass is 9.43. The van der Waals surface area contributed by atoms with Gasteiger partial charge in [-0.05, 0) is 31.1 Å². The highest BCUT2D eigenvalue weighted by Gasteiger charge is 2.92. The molecule has 0 unspecified atom stereocenters. The van der Waals surface area contributed by atoms with Crippen LogP contribution in [0.5, 0.6) is 0 Å². The third-order valence-electron chi connectivity index (χ3n) is 6.71. The second-order valence-electron chi connectivity index (χ2n) is 8.18. The summed E-state index contributed by atoms with van der Waals surface area (Å²) in [6.07, 6.45) is 3.16. The molecule has 4 fully saturated rings. The summed E-state index contributed by atoms with van der Waals surface area (Å²) in [7, 11) is 0. The van der Waals surface area contributed by atoms with Crippen molar-refractivity contribution in [1.29, 1.82) is 0 Å². The molecule has 4 nitrogen and oxygen atoms in total. The summed E-state index contributed by atoms with van der Waals surface area (Å²) in [5.41, 5.74) is -3.08. The Kier molecular flexibility index (Phi) is 1.80. The van der Waals surface area contributed by atoms with E-state index in [1.807, 2.05) is 0 Å². The van der Waals surface area contributed by atoms with Gasteiger partial charge in [0.15, 0.2) is 5.60 Å². The van der Waals surface area contributed by atoms with E-state index in [1.165, 1.54) is 0 Å². The SMILES string of the molecule is CC1(C)C[C@H]2[C@@](O)(C1)C(=O)[C@@]1(CO)O[C@]13CC[C@]23C. The number of ketones is 1. The molecule has 2 N–H and O–H groups in total. The average molecular weight is 266 g/mol. The number of hydrogen-bond donors (Lipinski definition) is 2. The lowest BCUT2D eigenvalue weighted by molar-refractivity contribution is -0.173. The first-order valence-electron chi connectivity index (χ1n) is 7.26. The summed E-state index contributed by atoms with van der Waals surface area (Å²) in [6.45, 7) is 6.07. The van der Waals surface area contributed by atoms with Crippen LogP contribution < -0.4 is 0 Å². The summed E-state index contributed by atoms with van der Waals surface area (Å²) < 4.78 is 5.83. The van der Waals surface area contributed by atoms with Crippen molar-refractivity contribution in [3.8, 4) is 0 Å². The molecule has 3 saturated carbocycles. The highest BCUT2D eigenvalue weighted by Crippen LogP contribution is 2.79. The average Bonchev–Trinajstić information content (AvgIpc) is 2.98.